The summed E-state index contributed by atoms with van der Waals surface area (Å²) in [5.41, 5.74) is 1.39. The number of nitrogens with one attached hydrogen (secondary N) is 3. The van der Waals surface area contributed by atoms with Gasteiger partial charge in [0.25, 0.3) is 0 Å². The SMILES string of the molecule is CC(C)C[C@H](NC(=O)[C@H](Cc1ccccc1)N1C(=O)[C@@H](NC(=O)[C@H](CCc2ccccc2)NC(=O)Cc2cc(CN3CCN(C)CC3)on2)CC1C)C(=O)C1(C)CO1. The number of nitrogens with zero attached hydrogens (tertiary/aromatic N) is 4. The van der Waals surface area contributed by atoms with Crippen molar-refractivity contribution in [2.75, 3.05) is 39.8 Å². The van der Waals surface area contributed by atoms with Crippen molar-refractivity contribution in [1.82, 2.24) is 35.8 Å². The second kappa shape index (κ2) is 19.2. The normalized spacial score (nSPS) is 22.7. The first-order valence-electron chi connectivity index (χ1n) is 20.6. The van der Waals surface area contributed by atoms with Crippen LogP contribution >= 0.6 is 0 Å². The van der Waals surface area contributed by atoms with Crippen LogP contribution in [0.5, 0.6) is 0 Å². The van der Waals surface area contributed by atoms with Crippen LogP contribution in [0.2, 0.25) is 0 Å². The van der Waals surface area contributed by atoms with Crippen LogP contribution < -0.4 is 16.0 Å². The van der Waals surface area contributed by atoms with Crippen LogP contribution in [0.15, 0.2) is 71.3 Å². The van der Waals surface area contributed by atoms with Crippen molar-refractivity contribution >= 4 is 29.4 Å². The molecule has 4 heterocycles. The van der Waals surface area contributed by atoms with E-state index in [0.717, 1.165) is 37.3 Å². The summed E-state index contributed by atoms with van der Waals surface area (Å²) in [5, 5.41) is 12.9. The summed E-state index contributed by atoms with van der Waals surface area (Å²) in [4.78, 5) is 75.7. The number of rotatable bonds is 19. The summed E-state index contributed by atoms with van der Waals surface area (Å²) < 4.78 is 11.0. The van der Waals surface area contributed by atoms with Crippen molar-refractivity contribution < 1.29 is 33.2 Å². The highest BCUT2D eigenvalue weighted by molar-refractivity contribution is 5.99. The highest BCUT2D eigenvalue weighted by Crippen LogP contribution is 2.30. The third-order valence-electron chi connectivity index (χ3n) is 11.4. The zero-order valence-corrected chi connectivity index (χ0v) is 34.4. The Balaban J connectivity index is 1.14. The number of likely N-dealkylation sites (tertiary alicyclic amines) is 1. The van der Waals surface area contributed by atoms with Gasteiger partial charge in [-0.2, -0.15) is 0 Å². The van der Waals surface area contributed by atoms with E-state index in [1.807, 2.05) is 81.4 Å². The summed E-state index contributed by atoms with van der Waals surface area (Å²) in [6, 6.07) is 16.9. The van der Waals surface area contributed by atoms with Crippen LogP contribution in [0, 0.1) is 5.92 Å². The van der Waals surface area contributed by atoms with Crippen LogP contribution in [-0.2, 0) is 54.5 Å². The standard InChI is InChI=1S/C44H59N7O7/c1-29(2)22-36(40(53)44(4)28-57-44)46-42(55)38(24-32-14-10-7-11-15-32)51-30(3)23-37(43(51)56)47-41(54)35(17-16-31-12-8-6-9-13-31)45-39(52)26-33-25-34(58-48-33)27-50-20-18-49(5)19-21-50/h6-15,25,29-30,35-38H,16-24,26-28H2,1-5H3,(H,45,52)(H,46,55)(H,47,54)/t30?,35-,36-,37-,38-,44?/m0/s1. The number of hydrogen-bond acceptors (Lipinski definition) is 10. The van der Waals surface area contributed by atoms with Crippen molar-refractivity contribution in [1.29, 1.82) is 0 Å². The highest BCUT2D eigenvalue weighted by atomic mass is 16.6. The number of likely N-dealkylation sites (N-methyl/N-ethyl adjacent to an activating group) is 1. The van der Waals surface area contributed by atoms with Crippen LogP contribution in [-0.4, -0.2) is 125 Å². The quantitative estimate of drug-likeness (QED) is 0.154. The number of aromatic nitrogens is 1. The minimum Gasteiger partial charge on any atom is -0.361 e. The molecule has 312 valence electrons. The molecule has 3 fully saturated rings. The number of Topliss-reactive ketones (excluding diaryl/α,β-unsaturated/α-hetero) is 1. The Morgan fingerprint density at radius 3 is 2.21 bits per heavy atom. The summed E-state index contributed by atoms with van der Waals surface area (Å²) in [7, 11) is 2.10. The van der Waals surface area contributed by atoms with Gasteiger partial charge < -0.3 is 35.0 Å². The van der Waals surface area contributed by atoms with Crippen molar-refractivity contribution in [3.63, 3.8) is 0 Å². The molecule has 3 aromatic rings. The van der Waals surface area contributed by atoms with Gasteiger partial charge in [-0.05, 0) is 63.6 Å². The molecule has 58 heavy (non-hydrogen) atoms. The fraction of sp³-hybridized carbons (Fsp3) is 0.545. The molecule has 0 saturated carbocycles. The molecule has 2 aromatic carbocycles. The Kier molecular flexibility index (Phi) is 14.1. The average molecular weight is 798 g/mol. The van der Waals surface area contributed by atoms with E-state index in [0.29, 0.717) is 43.9 Å². The Hall–Kier alpha value is -4.92. The molecule has 3 saturated heterocycles. The van der Waals surface area contributed by atoms with E-state index in [1.165, 1.54) is 0 Å². The largest absolute Gasteiger partial charge is 0.361 e. The fourth-order valence-electron chi connectivity index (χ4n) is 7.93. The lowest BCUT2D eigenvalue weighted by Gasteiger charge is -2.33. The van der Waals surface area contributed by atoms with Crippen LogP contribution in [0.1, 0.15) is 69.5 Å². The predicted octanol–water partition coefficient (Wildman–Crippen LogP) is 2.69. The molecule has 6 atom stereocenters. The zero-order chi connectivity index (χ0) is 41.4. The topological polar surface area (TPSA) is 170 Å². The molecule has 14 nitrogen and oxygen atoms in total. The number of piperazine rings is 1. The Morgan fingerprint density at radius 2 is 1.57 bits per heavy atom. The first kappa shape index (κ1) is 42.7. The minimum atomic E-state index is -0.946. The van der Waals surface area contributed by atoms with E-state index in [2.05, 4.69) is 38.0 Å². The van der Waals surface area contributed by atoms with Gasteiger partial charge in [0.15, 0.2) is 11.5 Å². The van der Waals surface area contributed by atoms with Gasteiger partial charge in [0.05, 0.1) is 31.3 Å². The second-order valence-electron chi connectivity index (χ2n) is 16.9. The fourth-order valence-corrected chi connectivity index (χ4v) is 7.93. The minimum absolute atomic E-state index is 0.0730. The van der Waals surface area contributed by atoms with E-state index in [4.69, 9.17) is 9.26 Å². The van der Waals surface area contributed by atoms with Gasteiger partial charge in [-0.25, -0.2) is 0 Å². The van der Waals surface area contributed by atoms with Crippen molar-refractivity contribution in [3.05, 3.63) is 89.3 Å². The molecule has 2 unspecified atom stereocenters. The monoisotopic (exact) mass is 797 g/mol. The highest BCUT2D eigenvalue weighted by Gasteiger charge is 2.51. The summed E-state index contributed by atoms with van der Waals surface area (Å²) in [6.45, 7) is 12.2. The van der Waals surface area contributed by atoms with E-state index in [9.17, 15) is 24.0 Å². The van der Waals surface area contributed by atoms with Gasteiger partial charge in [0.1, 0.15) is 23.7 Å². The lowest BCUT2D eigenvalue weighted by atomic mass is 9.92. The molecule has 6 rings (SSSR count). The molecular weight excluding hydrogens is 739 g/mol. The van der Waals surface area contributed by atoms with Gasteiger partial charge in [-0.15, -0.1) is 0 Å². The Labute approximate surface area is 341 Å². The van der Waals surface area contributed by atoms with Crippen molar-refractivity contribution in [3.8, 4) is 0 Å². The maximum absolute atomic E-state index is 14.3. The molecule has 0 aliphatic carbocycles. The molecule has 0 radical (unpaired) electrons. The first-order valence-corrected chi connectivity index (χ1v) is 20.6. The predicted molar refractivity (Wildman–Crippen MR) is 217 cm³/mol. The van der Waals surface area contributed by atoms with Gasteiger partial charge in [-0.1, -0.05) is 79.7 Å². The van der Waals surface area contributed by atoms with Crippen LogP contribution in [0.3, 0.4) is 0 Å². The zero-order valence-electron chi connectivity index (χ0n) is 34.4. The van der Waals surface area contributed by atoms with Crippen molar-refractivity contribution in [2.45, 2.75) is 109 Å². The molecule has 0 spiro atoms. The van der Waals surface area contributed by atoms with E-state index in [1.54, 1.807) is 17.9 Å². The van der Waals surface area contributed by atoms with E-state index < -0.39 is 59.4 Å². The van der Waals surface area contributed by atoms with E-state index >= 15 is 0 Å². The summed E-state index contributed by atoms with van der Waals surface area (Å²) in [6.07, 6.45) is 1.64. The first-order chi connectivity index (χ1) is 27.8. The van der Waals surface area contributed by atoms with Crippen molar-refractivity contribution in [2.24, 2.45) is 5.92 Å². The molecule has 3 aliphatic heterocycles. The van der Waals surface area contributed by atoms with Gasteiger partial charge in [0, 0.05) is 44.7 Å². The van der Waals surface area contributed by atoms with Crippen LogP contribution in [0.25, 0.3) is 0 Å². The molecular formula is C44H59N7O7. The summed E-state index contributed by atoms with van der Waals surface area (Å²) >= 11 is 0. The number of ketones is 1. The summed E-state index contributed by atoms with van der Waals surface area (Å²) in [5.74, 6) is -1.11. The molecule has 3 N–H and O–H groups in total. The average Bonchev–Trinajstić information content (AvgIpc) is 3.71. The lowest BCUT2D eigenvalue weighted by molar-refractivity contribution is -0.142. The van der Waals surface area contributed by atoms with Gasteiger partial charge >= 0.3 is 0 Å². The molecule has 14 heteroatoms. The number of benzene rings is 2. The third-order valence-corrected chi connectivity index (χ3v) is 11.4. The molecule has 3 aliphatic rings. The maximum Gasteiger partial charge on any atom is 0.246 e. The number of ether oxygens (including phenoxy) is 1. The number of amides is 4. The second-order valence-corrected chi connectivity index (χ2v) is 16.9. The Morgan fingerprint density at radius 1 is 0.914 bits per heavy atom. The smallest absolute Gasteiger partial charge is 0.246 e. The van der Waals surface area contributed by atoms with Crippen LogP contribution in [0.4, 0.5) is 0 Å². The number of hydrogen-bond donors (Lipinski definition) is 3. The number of carbonyl (C=O) groups is 5. The maximum atomic E-state index is 14.3. The number of epoxide rings is 1. The van der Waals surface area contributed by atoms with E-state index in [-0.39, 0.29) is 31.0 Å². The van der Waals surface area contributed by atoms with Gasteiger partial charge in [-0.3, -0.25) is 28.9 Å². The third kappa shape index (κ3) is 11.4. The molecule has 4 amide bonds. The lowest BCUT2D eigenvalue weighted by Crippen LogP contribution is -2.57. The number of aryl methyl sites for hydroxylation is 1. The Bertz CT molecular complexity index is 1870. The van der Waals surface area contributed by atoms with Gasteiger partial charge in [0.2, 0.25) is 23.6 Å². The molecule has 1 aromatic heterocycles. The molecule has 0 bridgehead atoms. The number of carbonyl (C=O) groups excluding carboxylic acids is 5.